The molecule has 3 amide bonds. The molecule has 3 atom stereocenters. The van der Waals surface area contributed by atoms with Crippen molar-refractivity contribution >= 4 is 17.7 Å². The highest BCUT2D eigenvalue weighted by atomic mass is 16.3. The largest absolute Gasteiger partial charge is 0.508 e. The summed E-state index contributed by atoms with van der Waals surface area (Å²) < 4.78 is 0. The molecule has 8 heteroatoms. The number of aromatic hydroxyl groups is 1. The third kappa shape index (κ3) is 6.19. The van der Waals surface area contributed by atoms with E-state index in [0.29, 0.717) is 12.1 Å². The van der Waals surface area contributed by atoms with E-state index < -0.39 is 30.0 Å². The van der Waals surface area contributed by atoms with Gasteiger partial charge in [0.2, 0.25) is 5.91 Å². The van der Waals surface area contributed by atoms with Crippen LogP contribution in [0.5, 0.6) is 5.75 Å². The molecule has 8 nitrogen and oxygen atoms in total. The van der Waals surface area contributed by atoms with Crippen molar-refractivity contribution in [1.29, 1.82) is 0 Å². The highest BCUT2D eigenvalue weighted by Crippen LogP contribution is 2.40. The molecule has 6 rings (SSSR count). The number of hydrogen-bond donors (Lipinski definition) is 4. The van der Waals surface area contributed by atoms with Gasteiger partial charge in [-0.3, -0.25) is 14.4 Å². The molecule has 1 unspecified atom stereocenters. The van der Waals surface area contributed by atoms with Gasteiger partial charge >= 0.3 is 0 Å². The number of carbonyl (C=O) groups is 3. The summed E-state index contributed by atoms with van der Waals surface area (Å²) in [5, 5.41) is 27.6. The summed E-state index contributed by atoms with van der Waals surface area (Å²) in [5.74, 6) is -1.26. The number of fused-ring (bicyclic) bond motifs is 3. The van der Waals surface area contributed by atoms with Gasteiger partial charge in [0.05, 0.1) is 6.04 Å². The number of rotatable bonds is 9. The normalized spacial score (nSPS) is 20.9. The van der Waals surface area contributed by atoms with Gasteiger partial charge in [-0.1, -0.05) is 60.7 Å². The fourth-order valence-corrected chi connectivity index (χ4v) is 6.45. The molecule has 1 aliphatic carbocycles. The van der Waals surface area contributed by atoms with E-state index in [0.717, 1.165) is 42.4 Å². The Morgan fingerprint density at radius 3 is 2.31 bits per heavy atom. The predicted molar refractivity (Wildman–Crippen MR) is 160 cm³/mol. The number of piperidine rings is 2. The number of carbonyl (C=O) groups excluding carboxylic acids is 3. The second kappa shape index (κ2) is 12.8. The molecule has 3 aromatic rings. The number of benzene rings is 3. The molecule has 0 radical (unpaired) electrons. The quantitative estimate of drug-likeness (QED) is 0.313. The summed E-state index contributed by atoms with van der Waals surface area (Å²) >= 11 is 0. The van der Waals surface area contributed by atoms with Crippen molar-refractivity contribution in [3.63, 3.8) is 0 Å². The van der Waals surface area contributed by atoms with E-state index in [4.69, 9.17) is 0 Å². The van der Waals surface area contributed by atoms with Crippen molar-refractivity contribution in [2.24, 2.45) is 5.92 Å². The third-order valence-electron chi connectivity index (χ3n) is 8.92. The molecule has 3 aromatic carbocycles. The highest BCUT2D eigenvalue weighted by molar-refractivity contribution is 5.97. The molecular formula is C34H39N3O5. The van der Waals surface area contributed by atoms with E-state index in [1.807, 2.05) is 61.5 Å². The molecule has 0 aromatic heterocycles. The van der Waals surface area contributed by atoms with Gasteiger partial charge in [0.15, 0.2) is 6.10 Å². The number of nitrogens with zero attached hydrogens (tertiary/aromatic N) is 1. The SMILES string of the molecule is Cc1ccccc1CNC(=O)C1C2CCC(CC2)N1C(=O)[C@@H](O)[C@H](Cc1ccccc1)NC(=O)c1cccc(O)c1C. The predicted octanol–water partition coefficient (Wildman–Crippen LogP) is 3.80. The smallest absolute Gasteiger partial charge is 0.254 e. The Morgan fingerprint density at radius 1 is 0.905 bits per heavy atom. The Morgan fingerprint density at radius 2 is 1.60 bits per heavy atom. The van der Waals surface area contributed by atoms with Crippen LogP contribution in [0.3, 0.4) is 0 Å². The van der Waals surface area contributed by atoms with E-state index in [1.54, 1.807) is 24.0 Å². The van der Waals surface area contributed by atoms with Crippen molar-refractivity contribution in [3.05, 3.63) is 101 Å². The topological polar surface area (TPSA) is 119 Å². The Labute approximate surface area is 246 Å². The lowest BCUT2D eigenvalue weighted by Gasteiger charge is -2.51. The van der Waals surface area contributed by atoms with Gasteiger partial charge in [-0.25, -0.2) is 0 Å². The number of hydrogen-bond acceptors (Lipinski definition) is 5. The zero-order valence-corrected chi connectivity index (χ0v) is 24.1. The van der Waals surface area contributed by atoms with Gasteiger partial charge in [0.1, 0.15) is 11.8 Å². The van der Waals surface area contributed by atoms with Gasteiger partial charge in [0, 0.05) is 23.7 Å². The molecule has 2 bridgehead atoms. The van der Waals surface area contributed by atoms with E-state index in [-0.39, 0.29) is 35.6 Å². The first-order valence-electron chi connectivity index (χ1n) is 14.7. The van der Waals surface area contributed by atoms with Crippen LogP contribution in [0.2, 0.25) is 0 Å². The van der Waals surface area contributed by atoms with Crippen LogP contribution in [0, 0.1) is 19.8 Å². The molecule has 2 aliphatic heterocycles. The number of phenolic OH excluding ortho intramolecular Hbond substituents is 1. The number of phenols is 1. The van der Waals surface area contributed by atoms with Gasteiger partial charge < -0.3 is 25.7 Å². The fraction of sp³-hybridized carbons (Fsp3) is 0.382. The van der Waals surface area contributed by atoms with E-state index in [2.05, 4.69) is 10.6 Å². The molecule has 3 aliphatic rings. The number of aryl methyl sites for hydroxylation is 1. The van der Waals surface area contributed by atoms with Crippen LogP contribution < -0.4 is 10.6 Å². The number of aliphatic hydroxyl groups excluding tert-OH is 1. The lowest BCUT2D eigenvalue weighted by Crippen LogP contribution is -2.66. The summed E-state index contributed by atoms with van der Waals surface area (Å²) in [6.07, 6.45) is 1.91. The average Bonchev–Trinajstić information content (AvgIpc) is 3.01. The minimum atomic E-state index is -1.57. The molecule has 220 valence electrons. The summed E-state index contributed by atoms with van der Waals surface area (Å²) in [6, 6.07) is 20.1. The van der Waals surface area contributed by atoms with Gasteiger partial charge in [-0.2, -0.15) is 0 Å². The van der Waals surface area contributed by atoms with Crippen LogP contribution in [0.1, 0.15) is 58.3 Å². The standard InChI is InChI=1S/C34H39N3O5/c1-21-9-6-7-12-25(21)20-35-33(41)30-24-15-17-26(18-16-24)37(30)34(42)31(39)28(19-23-10-4-3-5-11-23)36-32(40)27-13-8-14-29(38)22(27)2/h3-14,24,26,28,30-31,38-39H,15-20H2,1-2H3,(H,35,41)(H,36,40)/t24?,26?,28-,30?,31-/m0/s1. The molecule has 42 heavy (non-hydrogen) atoms. The summed E-state index contributed by atoms with van der Waals surface area (Å²) in [6.45, 7) is 4.00. The Bertz CT molecular complexity index is 1430. The molecule has 2 saturated heterocycles. The summed E-state index contributed by atoms with van der Waals surface area (Å²) in [5.41, 5.74) is 3.60. The minimum Gasteiger partial charge on any atom is -0.508 e. The van der Waals surface area contributed by atoms with Crippen LogP contribution >= 0.6 is 0 Å². The van der Waals surface area contributed by atoms with Crippen LogP contribution in [0.4, 0.5) is 0 Å². The van der Waals surface area contributed by atoms with Crippen molar-refractivity contribution in [2.45, 2.75) is 76.7 Å². The molecule has 1 saturated carbocycles. The van der Waals surface area contributed by atoms with Crippen LogP contribution in [0.25, 0.3) is 0 Å². The maximum Gasteiger partial charge on any atom is 0.254 e. The zero-order chi connectivity index (χ0) is 29.8. The van der Waals surface area contributed by atoms with Gasteiger partial charge in [-0.05, 0) is 80.7 Å². The van der Waals surface area contributed by atoms with Gasteiger partial charge in [0.25, 0.3) is 11.8 Å². The second-order valence-corrected chi connectivity index (χ2v) is 11.6. The number of nitrogens with one attached hydrogen (secondary N) is 2. The minimum absolute atomic E-state index is 0.0113. The highest BCUT2D eigenvalue weighted by Gasteiger charge is 2.49. The summed E-state index contributed by atoms with van der Waals surface area (Å²) in [7, 11) is 0. The van der Waals surface area contributed by atoms with Crippen molar-refractivity contribution in [1.82, 2.24) is 15.5 Å². The van der Waals surface area contributed by atoms with Crippen molar-refractivity contribution in [2.75, 3.05) is 0 Å². The first-order valence-corrected chi connectivity index (χ1v) is 14.7. The summed E-state index contributed by atoms with van der Waals surface area (Å²) in [4.78, 5) is 42.7. The first-order chi connectivity index (χ1) is 20.2. The zero-order valence-electron chi connectivity index (χ0n) is 24.1. The second-order valence-electron chi connectivity index (χ2n) is 11.6. The molecule has 0 spiro atoms. The van der Waals surface area contributed by atoms with E-state index in [9.17, 15) is 24.6 Å². The molecule has 4 N–H and O–H groups in total. The monoisotopic (exact) mass is 569 g/mol. The lowest BCUT2D eigenvalue weighted by molar-refractivity contribution is -0.161. The maximum atomic E-state index is 14.1. The first kappa shape index (κ1) is 29.3. The molecule has 3 fully saturated rings. The van der Waals surface area contributed by atoms with Crippen LogP contribution in [0.15, 0.2) is 72.8 Å². The van der Waals surface area contributed by atoms with Crippen LogP contribution in [-0.2, 0) is 22.6 Å². The van der Waals surface area contributed by atoms with E-state index >= 15 is 0 Å². The van der Waals surface area contributed by atoms with Crippen LogP contribution in [-0.4, -0.2) is 57.1 Å². The van der Waals surface area contributed by atoms with E-state index in [1.165, 1.54) is 6.07 Å². The Kier molecular flexibility index (Phi) is 8.92. The molecule has 2 heterocycles. The molecular weight excluding hydrogens is 530 g/mol. The number of amides is 3. The maximum absolute atomic E-state index is 14.1. The Hall–Kier alpha value is -4.17. The Balaban J connectivity index is 1.38. The number of aliphatic hydroxyl groups is 1. The fourth-order valence-electron chi connectivity index (χ4n) is 6.45. The van der Waals surface area contributed by atoms with Crippen molar-refractivity contribution in [3.8, 4) is 5.75 Å². The van der Waals surface area contributed by atoms with Crippen molar-refractivity contribution < 1.29 is 24.6 Å². The van der Waals surface area contributed by atoms with Gasteiger partial charge in [-0.15, -0.1) is 0 Å². The third-order valence-corrected chi connectivity index (χ3v) is 8.92. The lowest BCUT2D eigenvalue weighted by atomic mass is 9.73. The average molecular weight is 570 g/mol.